The summed E-state index contributed by atoms with van der Waals surface area (Å²) in [6.45, 7) is -0.710. The molecule has 0 aliphatic rings. The highest BCUT2D eigenvalue weighted by atomic mass is 19.4. The molecule has 0 saturated heterocycles. The summed E-state index contributed by atoms with van der Waals surface area (Å²) in [5, 5.41) is 11.2. The third-order valence-corrected chi connectivity index (χ3v) is 2.16. The van der Waals surface area contributed by atoms with Gasteiger partial charge in [-0.2, -0.15) is 13.2 Å². The molecule has 0 amide bonds. The molecule has 4 nitrogen and oxygen atoms in total. The SMILES string of the molecule is N/C(=N/O)c1cc(F)cc(COCCC(F)(F)F)c1. The van der Waals surface area contributed by atoms with Gasteiger partial charge < -0.3 is 15.7 Å². The van der Waals surface area contributed by atoms with E-state index in [0.717, 1.165) is 12.1 Å². The number of rotatable bonds is 5. The lowest BCUT2D eigenvalue weighted by molar-refractivity contribution is -0.146. The van der Waals surface area contributed by atoms with Gasteiger partial charge >= 0.3 is 6.18 Å². The molecule has 1 rings (SSSR count). The molecule has 19 heavy (non-hydrogen) atoms. The largest absolute Gasteiger partial charge is 0.409 e. The predicted molar refractivity (Wildman–Crippen MR) is 59.2 cm³/mol. The van der Waals surface area contributed by atoms with Crippen molar-refractivity contribution >= 4 is 5.84 Å². The molecule has 0 aromatic heterocycles. The number of alkyl halides is 3. The first-order chi connectivity index (χ1) is 8.81. The molecule has 0 spiro atoms. The van der Waals surface area contributed by atoms with Crippen LogP contribution in [0.1, 0.15) is 17.5 Å². The minimum Gasteiger partial charge on any atom is -0.409 e. The van der Waals surface area contributed by atoms with Crippen LogP contribution in [0.3, 0.4) is 0 Å². The molecule has 0 aliphatic carbocycles. The standard InChI is InChI=1S/C11H12F4N2O2/c12-9-4-7(3-8(5-9)10(16)17-18)6-19-2-1-11(13,14)15/h3-5,18H,1-2,6H2,(H2,16,17). The molecular formula is C11H12F4N2O2. The summed E-state index contributed by atoms with van der Waals surface area (Å²) >= 11 is 0. The highest BCUT2D eigenvalue weighted by Gasteiger charge is 2.26. The van der Waals surface area contributed by atoms with Gasteiger partial charge in [-0.05, 0) is 23.8 Å². The fourth-order valence-electron chi connectivity index (χ4n) is 1.32. The minimum absolute atomic E-state index is 0.122. The van der Waals surface area contributed by atoms with E-state index in [1.54, 1.807) is 0 Å². The zero-order valence-corrected chi connectivity index (χ0v) is 9.75. The van der Waals surface area contributed by atoms with Crippen molar-refractivity contribution in [1.29, 1.82) is 0 Å². The zero-order chi connectivity index (χ0) is 14.5. The summed E-state index contributed by atoms with van der Waals surface area (Å²) in [5.41, 5.74) is 5.71. The van der Waals surface area contributed by atoms with Crippen LogP contribution < -0.4 is 5.73 Å². The molecule has 0 aliphatic heterocycles. The number of hydrogen-bond donors (Lipinski definition) is 2. The third-order valence-electron chi connectivity index (χ3n) is 2.16. The molecule has 0 heterocycles. The van der Waals surface area contributed by atoms with Crippen LogP contribution >= 0.6 is 0 Å². The first-order valence-electron chi connectivity index (χ1n) is 5.23. The average molecular weight is 280 g/mol. The number of halogens is 4. The summed E-state index contributed by atoms with van der Waals surface area (Å²) in [4.78, 5) is 0. The van der Waals surface area contributed by atoms with Crippen LogP contribution in [0.2, 0.25) is 0 Å². The zero-order valence-electron chi connectivity index (χ0n) is 9.75. The van der Waals surface area contributed by atoms with E-state index in [4.69, 9.17) is 15.7 Å². The van der Waals surface area contributed by atoms with Crippen LogP contribution in [-0.4, -0.2) is 23.8 Å². The smallest absolute Gasteiger partial charge is 0.391 e. The van der Waals surface area contributed by atoms with E-state index in [1.165, 1.54) is 6.07 Å². The quantitative estimate of drug-likeness (QED) is 0.217. The number of amidine groups is 1. The van der Waals surface area contributed by atoms with Crippen LogP contribution in [0.4, 0.5) is 17.6 Å². The highest BCUT2D eigenvalue weighted by Crippen LogP contribution is 2.19. The maximum absolute atomic E-state index is 13.2. The van der Waals surface area contributed by atoms with Crippen molar-refractivity contribution in [3.05, 3.63) is 35.1 Å². The van der Waals surface area contributed by atoms with E-state index in [2.05, 4.69) is 5.16 Å². The van der Waals surface area contributed by atoms with Gasteiger partial charge in [-0.15, -0.1) is 0 Å². The van der Waals surface area contributed by atoms with E-state index in [0.29, 0.717) is 5.56 Å². The molecular weight excluding hydrogens is 268 g/mol. The average Bonchev–Trinajstić information content (AvgIpc) is 2.32. The van der Waals surface area contributed by atoms with E-state index in [1.807, 2.05) is 0 Å². The minimum atomic E-state index is -4.29. The second-order valence-corrected chi connectivity index (χ2v) is 3.75. The molecule has 0 unspecified atom stereocenters. The Labute approximate surface area is 106 Å². The number of ether oxygens (including phenoxy) is 1. The summed E-state index contributed by atoms with van der Waals surface area (Å²) in [6, 6.07) is 3.50. The predicted octanol–water partition coefficient (Wildman–Crippen LogP) is 2.39. The maximum Gasteiger partial charge on any atom is 0.391 e. The van der Waals surface area contributed by atoms with Crippen molar-refractivity contribution < 1.29 is 27.5 Å². The summed E-state index contributed by atoms with van der Waals surface area (Å²) < 4.78 is 53.6. The molecule has 0 bridgehead atoms. The van der Waals surface area contributed by atoms with Gasteiger partial charge in [0.15, 0.2) is 5.84 Å². The van der Waals surface area contributed by atoms with E-state index in [9.17, 15) is 17.6 Å². The van der Waals surface area contributed by atoms with Crippen molar-refractivity contribution in [2.24, 2.45) is 10.9 Å². The molecule has 0 fully saturated rings. The maximum atomic E-state index is 13.2. The molecule has 0 radical (unpaired) electrons. The normalized spacial score (nSPS) is 12.7. The summed E-state index contributed by atoms with van der Waals surface area (Å²) in [7, 11) is 0. The highest BCUT2D eigenvalue weighted by molar-refractivity contribution is 5.97. The molecule has 1 aromatic carbocycles. The first-order valence-corrected chi connectivity index (χ1v) is 5.23. The number of oxime groups is 1. The second kappa shape index (κ2) is 6.37. The van der Waals surface area contributed by atoms with Crippen LogP contribution in [0.25, 0.3) is 0 Å². The van der Waals surface area contributed by atoms with Crippen molar-refractivity contribution in [3.8, 4) is 0 Å². The molecule has 3 N–H and O–H groups in total. The van der Waals surface area contributed by atoms with Crippen molar-refractivity contribution in [2.75, 3.05) is 6.61 Å². The number of nitrogens with two attached hydrogens (primary N) is 1. The van der Waals surface area contributed by atoms with Crippen LogP contribution in [-0.2, 0) is 11.3 Å². The first kappa shape index (κ1) is 15.2. The molecule has 1 aromatic rings. The summed E-state index contributed by atoms with van der Waals surface area (Å²) in [6.07, 6.45) is -5.36. The van der Waals surface area contributed by atoms with Gasteiger partial charge in [-0.25, -0.2) is 4.39 Å². The van der Waals surface area contributed by atoms with Gasteiger partial charge in [0.05, 0.1) is 19.6 Å². The molecule has 0 saturated carbocycles. The third kappa shape index (κ3) is 5.56. The second-order valence-electron chi connectivity index (χ2n) is 3.75. The van der Waals surface area contributed by atoms with Crippen LogP contribution in [0.5, 0.6) is 0 Å². The number of nitrogens with zero attached hydrogens (tertiary/aromatic N) is 1. The van der Waals surface area contributed by atoms with Crippen molar-refractivity contribution in [2.45, 2.75) is 19.2 Å². The lowest BCUT2D eigenvalue weighted by Gasteiger charge is -2.08. The lowest BCUT2D eigenvalue weighted by Crippen LogP contribution is -2.14. The van der Waals surface area contributed by atoms with Gasteiger partial charge in [-0.3, -0.25) is 0 Å². The van der Waals surface area contributed by atoms with E-state index >= 15 is 0 Å². The Balaban J connectivity index is 2.62. The van der Waals surface area contributed by atoms with Gasteiger partial charge in [0.25, 0.3) is 0 Å². The monoisotopic (exact) mass is 280 g/mol. The number of benzene rings is 1. The Morgan fingerprint density at radius 3 is 2.58 bits per heavy atom. The Morgan fingerprint density at radius 1 is 1.32 bits per heavy atom. The lowest BCUT2D eigenvalue weighted by atomic mass is 10.1. The molecule has 8 heteroatoms. The molecule has 106 valence electrons. The fraction of sp³-hybridized carbons (Fsp3) is 0.364. The number of hydrogen-bond acceptors (Lipinski definition) is 3. The Bertz CT molecular complexity index is 460. The van der Waals surface area contributed by atoms with Gasteiger partial charge in [-0.1, -0.05) is 5.16 Å². The Morgan fingerprint density at radius 2 is 2.00 bits per heavy atom. The van der Waals surface area contributed by atoms with Crippen molar-refractivity contribution in [1.82, 2.24) is 0 Å². The summed E-state index contributed by atoms with van der Waals surface area (Å²) in [5.74, 6) is -0.949. The van der Waals surface area contributed by atoms with Gasteiger partial charge in [0.1, 0.15) is 5.82 Å². The van der Waals surface area contributed by atoms with Gasteiger partial charge in [0.2, 0.25) is 0 Å². The van der Waals surface area contributed by atoms with Gasteiger partial charge in [0, 0.05) is 5.56 Å². The van der Waals surface area contributed by atoms with Crippen LogP contribution in [0.15, 0.2) is 23.4 Å². The Hall–Kier alpha value is -1.83. The fourth-order valence-corrected chi connectivity index (χ4v) is 1.32. The van der Waals surface area contributed by atoms with E-state index < -0.39 is 25.0 Å². The van der Waals surface area contributed by atoms with Crippen molar-refractivity contribution in [3.63, 3.8) is 0 Å². The Kier molecular flexibility index (Phi) is 5.11. The van der Waals surface area contributed by atoms with E-state index in [-0.39, 0.29) is 18.0 Å². The topological polar surface area (TPSA) is 67.8 Å². The molecule has 0 atom stereocenters. The van der Waals surface area contributed by atoms with Crippen LogP contribution in [0, 0.1) is 5.82 Å².